The summed E-state index contributed by atoms with van der Waals surface area (Å²) in [6.07, 6.45) is 4.52. The standard InChI is InChI=1S/C16H13N5O3S/c17-11(22)7-20-15-12(8-3-1-5-10(8)25-15)14-18-13(9-4-2-6-24-9)19-21(14)16(20)23/h2,4,6H,1,3,5,7H2,(H2,17,22). The molecule has 4 heterocycles. The third kappa shape index (κ3) is 1.99. The van der Waals surface area contributed by atoms with Crippen LogP contribution in [0.3, 0.4) is 0 Å². The summed E-state index contributed by atoms with van der Waals surface area (Å²) in [6, 6.07) is 3.48. The van der Waals surface area contributed by atoms with Gasteiger partial charge in [0.2, 0.25) is 11.7 Å². The van der Waals surface area contributed by atoms with Crippen molar-refractivity contribution in [2.75, 3.05) is 0 Å². The minimum Gasteiger partial charge on any atom is -0.461 e. The molecule has 0 saturated carbocycles. The lowest BCUT2D eigenvalue weighted by atomic mass is 10.2. The number of furan rings is 1. The van der Waals surface area contributed by atoms with Gasteiger partial charge in [-0.2, -0.15) is 4.52 Å². The van der Waals surface area contributed by atoms with Gasteiger partial charge in [-0.15, -0.1) is 16.4 Å². The van der Waals surface area contributed by atoms with Gasteiger partial charge >= 0.3 is 5.69 Å². The topological polar surface area (TPSA) is 108 Å². The fourth-order valence-electron chi connectivity index (χ4n) is 3.42. The normalized spacial score (nSPS) is 13.8. The summed E-state index contributed by atoms with van der Waals surface area (Å²) in [4.78, 5) is 30.9. The van der Waals surface area contributed by atoms with Crippen LogP contribution in [-0.2, 0) is 24.2 Å². The Balaban J connectivity index is 1.92. The third-order valence-corrected chi connectivity index (χ3v) is 5.76. The molecule has 4 aromatic rings. The summed E-state index contributed by atoms with van der Waals surface area (Å²) in [6.45, 7) is -0.180. The number of aromatic nitrogens is 4. The average Bonchev–Trinajstić information content (AvgIpc) is 3.31. The smallest absolute Gasteiger partial charge is 0.352 e. The average molecular weight is 355 g/mol. The Labute approximate surface area is 144 Å². The molecule has 0 atom stereocenters. The van der Waals surface area contributed by atoms with Gasteiger partial charge in [0.1, 0.15) is 11.4 Å². The number of primary amides is 1. The van der Waals surface area contributed by atoms with E-state index in [0.29, 0.717) is 17.2 Å². The Morgan fingerprint density at radius 3 is 3.04 bits per heavy atom. The second kappa shape index (κ2) is 5.03. The Morgan fingerprint density at radius 1 is 1.40 bits per heavy atom. The van der Waals surface area contributed by atoms with Crippen LogP contribution in [-0.4, -0.2) is 25.1 Å². The number of fused-ring (bicyclic) bond motifs is 5. The highest BCUT2D eigenvalue weighted by Gasteiger charge is 2.26. The molecular formula is C16H13N5O3S. The van der Waals surface area contributed by atoms with Crippen LogP contribution in [0.25, 0.3) is 27.4 Å². The van der Waals surface area contributed by atoms with Crippen molar-refractivity contribution in [3.05, 3.63) is 39.3 Å². The molecule has 126 valence electrons. The van der Waals surface area contributed by atoms with Gasteiger partial charge < -0.3 is 10.2 Å². The first-order valence-electron chi connectivity index (χ1n) is 7.89. The van der Waals surface area contributed by atoms with Crippen LogP contribution in [0.2, 0.25) is 0 Å². The number of aryl methyl sites for hydroxylation is 2. The largest absolute Gasteiger partial charge is 0.461 e. The van der Waals surface area contributed by atoms with E-state index in [2.05, 4.69) is 10.1 Å². The summed E-state index contributed by atoms with van der Waals surface area (Å²) in [5, 5.41) is 5.20. The van der Waals surface area contributed by atoms with Gasteiger partial charge in [-0.3, -0.25) is 9.36 Å². The number of rotatable bonds is 3. The third-order valence-electron chi connectivity index (χ3n) is 4.45. The number of nitrogens with two attached hydrogens (primary N) is 1. The second-order valence-corrected chi connectivity index (χ2v) is 7.10. The van der Waals surface area contributed by atoms with Crippen molar-refractivity contribution in [2.45, 2.75) is 25.8 Å². The van der Waals surface area contributed by atoms with Crippen LogP contribution in [0.4, 0.5) is 0 Å². The summed E-state index contributed by atoms with van der Waals surface area (Å²) in [5.74, 6) is 0.269. The zero-order chi connectivity index (χ0) is 17.1. The Bertz CT molecular complexity index is 1200. The van der Waals surface area contributed by atoms with Crippen molar-refractivity contribution in [3.8, 4) is 11.6 Å². The minimum atomic E-state index is -0.567. The van der Waals surface area contributed by atoms with E-state index in [4.69, 9.17) is 10.2 Å². The molecule has 4 aromatic heterocycles. The maximum absolute atomic E-state index is 12.9. The highest BCUT2D eigenvalue weighted by atomic mass is 32.1. The molecule has 0 bridgehead atoms. The van der Waals surface area contributed by atoms with Gasteiger partial charge in [0, 0.05) is 4.88 Å². The van der Waals surface area contributed by atoms with Crippen LogP contribution in [0.1, 0.15) is 16.9 Å². The van der Waals surface area contributed by atoms with Gasteiger partial charge in [-0.05, 0) is 37.0 Å². The van der Waals surface area contributed by atoms with Crippen LogP contribution in [0.5, 0.6) is 0 Å². The number of hydrogen-bond donors (Lipinski definition) is 1. The number of hydrogen-bond acceptors (Lipinski definition) is 6. The molecule has 0 aliphatic heterocycles. The second-order valence-electron chi connectivity index (χ2n) is 6.02. The zero-order valence-electron chi connectivity index (χ0n) is 13.1. The molecule has 8 nitrogen and oxygen atoms in total. The van der Waals surface area contributed by atoms with E-state index in [9.17, 15) is 9.59 Å². The lowest BCUT2D eigenvalue weighted by molar-refractivity contribution is -0.118. The fraction of sp³-hybridized carbons (Fsp3) is 0.250. The van der Waals surface area contributed by atoms with E-state index in [1.807, 2.05) is 0 Å². The summed E-state index contributed by atoms with van der Waals surface area (Å²) in [7, 11) is 0. The molecular weight excluding hydrogens is 342 g/mol. The molecule has 1 amide bonds. The molecule has 2 N–H and O–H groups in total. The maximum Gasteiger partial charge on any atom is 0.352 e. The molecule has 0 spiro atoms. The molecule has 0 fully saturated rings. The van der Waals surface area contributed by atoms with E-state index in [0.717, 1.165) is 29.5 Å². The molecule has 1 aliphatic carbocycles. The summed E-state index contributed by atoms with van der Waals surface area (Å²) in [5.41, 5.74) is 6.63. The van der Waals surface area contributed by atoms with Crippen molar-refractivity contribution in [1.29, 1.82) is 0 Å². The van der Waals surface area contributed by atoms with Crippen LogP contribution in [0.15, 0.2) is 27.6 Å². The lowest BCUT2D eigenvalue weighted by Gasteiger charge is -2.06. The van der Waals surface area contributed by atoms with Gasteiger partial charge in [0.25, 0.3) is 0 Å². The van der Waals surface area contributed by atoms with E-state index in [1.165, 1.54) is 25.8 Å². The first-order valence-corrected chi connectivity index (χ1v) is 8.71. The summed E-state index contributed by atoms with van der Waals surface area (Å²) >= 11 is 1.54. The first kappa shape index (κ1) is 14.4. The monoisotopic (exact) mass is 355 g/mol. The van der Waals surface area contributed by atoms with Crippen molar-refractivity contribution < 1.29 is 9.21 Å². The predicted octanol–water partition coefficient (Wildman–Crippen LogP) is 1.34. The molecule has 5 rings (SSSR count). The van der Waals surface area contributed by atoms with Crippen LogP contribution >= 0.6 is 11.3 Å². The Hall–Kier alpha value is -2.94. The molecule has 9 heteroatoms. The lowest BCUT2D eigenvalue weighted by Crippen LogP contribution is -2.32. The Morgan fingerprint density at radius 2 is 2.28 bits per heavy atom. The number of carbonyl (C=O) groups excluding carboxylic acids is 1. The highest BCUT2D eigenvalue weighted by Crippen LogP contribution is 2.38. The molecule has 0 saturated heterocycles. The first-order chi connectivity index (χ1) is 12.1. The van der Waals surface area contributed by atoms with E-state index in [1.54, 1.807) is 23.5 Å². The van der Waals surface area contributed by atoms with Gasteiger partial charge in [0.05, 0.1) is 11.6 Å². The predicted molar refractivity (Wildman–Crippen MR) is 91.6 cm³/mol. The molecule has 0 unspecified atom stereocenters. The molecule has 0 radical (unpaired) electrons. The van der Waals surface area contributed by atoms with Crippen LogP contribution < -0.4 is 11.4 Å². The van der Waals surface area contributed by atoms with E-state index < -0.39 is 11.6 Å². The fourth-order valence-corrected chi connectivity index (χ4v) is 4.80. The van der Waals surface area contributed by atoms with Crippen LogP contribution in [0, 0.1) is 0 Å². The minimum absolute atomic E-state index is 0.180. The van der Waals surface area contributed by atoms with Crippen molar-refractivity contribution in [3.63, 3.8) is 0 Å². The zero-order valence-corrected chi connectivity index (χ0v) is 13.9. The SMILES string of the molecule is NC(=O)Cn1c(=O)n2nc(-c3ccco3)nc2c2c3c(sc21)CCC3. The van der Waals surface area contributed by atoms with Crippen molar-refractivity contribution in [2.24, 2.45) is 5.73 Å². The Kier molecular flexibility index (Phi) is 2.90. The number of nitrogens with zero attached hydrogens (tertiary/aromatic N) is 4. The van der Waals surface area contributed by atoms with Crippen molar-refractivity contribution >= 4 is 33.1 Å². The van der Waals surface area contributed by atoms with Gasteiger partial charge in [-0.25, -0.2) is 9.78 Å². The maximum atomic E-state index is 12.9. The van der Waals surface area contributed by atoms with E-state index >= 15 is 0 Å². The van der Waals surface area contributed by atoms with Crippen molar-refractivity contribution in [1.82, 2.24) is 19.2 Å². The number of carbonyl (C=O) groups is 1. The number of amides is 1. The quantitative estimate of drug-likeness (QED) is 0.596. The number of thiophene rings is 1. The molecule has 1 aliphatic rings. The summed E-state index contributed by atoms with van der Waals surface area (Å²) < 4.78 is 7.99. The molecule has 25 heavy (non-hydrogen) atoms. The van der Waals surface area contributed by atoms with E-state index in [-0.39, 0.29) is 6.54 Å². The molecule has 0 aromatic carbocycles. The van der Waals surface area contributed by atoms with Gasteiger partial charge in [0.15, 0.2) is 11.4 Å². The highest BCUT2D eigenvalue weighted by molar-refractivity contribution is 7.19. The van der Waals surface area contributed by atoms with Gasteiger partial charge in [-0.1, -0.05) is 0 Å².